The van der Waals surface area contributed by atoms with E-state index >= 15 is 0 Å². The van der Waals surface area contributed by atoms with Crippen LogP contribution < -0.4 is 5.73 Å². The molecule has 0 saturated heterocycles. The Hall–Kier alpha value is -1.63. The van der Waals surface area contributed by atoms with E-state index in [9.17, 15) is 8.78 Å². The van der Waals surface area contributed by atoms with Gasteiger partial charge in [-0.25, -0.2) is 8.78 Å². The van der Waals surface area contributed by atoms with Crippen molar-refractivity contribution >= 4 is 5.69 Å². The average Bonchev–Trinajstić information content (AvgIpc) is 1.96. The van der Waals surface area contributed by atoms with E-state index in [0.29, 0.717) is 6.07 Å². The van der Waals surface area contributed by atoms with Crippen LogP contribution in [-0.2, 0) is 6.42 Å². The second kappa shape index (κ2) is 3.18. The van der Waals surface area contributed by atoms with Crippen LogP contribution in [0, 0.1) is 23.0 Å². The summed E-state index contributed by atoms with van der Waals surface area (Å²) in [5.41, 5.74) is 5.31. The number of nitrogens with two attached hydrogens (primary N) is 1. The third-order valence-electron chi connectivity index (χ3n) is 1.45. The van der Waals surface area contributed by atoms with Gasteiger partial charge in [0.2, 0.25) is 0 Å². The molecule has 4 heteroatoms. The van der Waals surface area contributed by atoms with Crippen molar-refractivity contribution in [2.24, 2.45) is 0 Å². The maximum Gasteiger partial charge on any atom is 0.132 e. The molecule has 0 spiro atoms. The highest BCUT2D eigenvalue weighted by molar-refractivity contribution is 5.48. The van der Waals surface area contributed by atoms with Crippen LogP contribution in [0.15, 0.2) is 12.1 Å². The van der Waals surface area contributed by atoms with Crippen LogP contribution in [-0.4, -0.2) is 0 Å². The fourth-order valence-corrected chi connectivity index (χ4v) is 0.889. The van der Waals surface area contributed by atoms with Gasteiger partial charge in [-0.3, -0.25) is 0 Å². The Balaban J connectivity index is 3.21. The summed E-state index contributed by atoms with van der Waals surface area (Å²) in [6.07, 6.45) is -0.141. The maximum absolute atomic E-state index is 12.8. The molecule has 62 valence electrons. The van der Waals surface area contributed by atoms with E-state index in [1.165, 1.54) is 0 Å². The van der Waals surface area contributed by atoms with Crippen LogP contribution in [0.1, 0.15) is 5.56 Å². The van der Waals surface area contributed by atoms with Crippen molar-refractivity contribution in [3.05, 3.63) is 29.3 Å². The lowest BCUT2D eigenvalue weighted by Crippen LogP contribution is -1.98. The molecular weight excluding hydrogens is 162 g/mol. The zero-order chi connectivity index (χ0) is 9.14. The van der Waals surface area contributed by atoms with Gasteiger partial charge in [-0.15, -0.1) is 0 Å². The van der Waals surface area contributed by atoms with E-state index in [1.807, 2.05) is 0 Å². The molecule has 0 fully saturated rings. The Morgan fingerprint density at radius 1 is 1.42 bits per heavy atom. The van der Waals surface area contributed by atoms with Crippen LogP contribution in [0.5, 0.6) is 0 Å². The quantitative estimate of drug-likeness (QED) is 0.647. The van der Waals surface area contributed by atoms with Gasteiger partial charge in [-0.1, -0.05) is 0 Å². The number of halogens is 2. The molecular formula is C8H6F2N2. The Bertz CT molecular complexity index is 318. The minimum atomic E-state index is -0.769. The van der Waals surface area contributed by atoms with Crippen LogP contribution in [0.3, 0.4) is 0 Å². The molecule has 0 aromatic heterocycles. The van der Waals surface area contributed by atoms with Crippen molar-refractivity contribution in [3.63, 3.8) is 0 Å². The SMILES string of the molecule is N#CCc1c(N)cc(F)cc1F. The zero-order valence-corrected chi connectivity index (χ0v) is 6.14. The Morgan fingerprint density at radius 3 is 2.58 bits per heavy atom. The Labute approximate surface area is 68.2 Å². The van der Waals surface area contributed by atoms with Gasteiger partial charge in [-0.2, -0.15) is 5.26 Å². The lowest BCUT2D eigenvalue weighted by molar-refractivity contribution is 0.577. The smallest absolute Gasteiger partial charge is 0.132 e. The zero-order valence-electron chi connectivity index (χ0n) is 6.14. The molecule has 0 atom stereocenters. The second-order valence-electron chi connectivity index (χ2n) is 2.29. The lowest BCUT2D eigenvalue weighted by atomic mass is 10.1. The summed E-state index contributed by atoms with van der Waals surface area (Å²) < 4.78 is 25.3. The van der Waals surface area contributed by atoms with E-state index in [4.69, 9.17) is 11.0 Å². The molecule has 12 heavy (non-hydrogen) atoms. The molecule has 0 heterocycles. The Kier molecular flexibility index (Phi) is 2.24. The van der Waals surface area contributed by atoms with Gasteiger partial charge >= 0.3 is 0 Å². The summed E-state index contributed by atoms with van der Waals surface area (Å²) in [7, 11) is 0. The van der Waals surface area contributed by atoms with Crippen LogP contribution >= 0.6 is 0 Å². The molecule has 0 aliphatic rings. The van der Waals surface area contributed by atoms with Gasteiger partial charge in [0.25, 0.3) is 0 Å². The number of nitrogen functional groups attached to an aromatic ring is 1. The summed E-state index contributed by atoms with van der Waals surface area (Å²) in [5.74, 6) is -1.50. The first-order valence-corrected chi connectivity index (χ1v) is 3.25. The first-order valence-electron chi connectivity index (χ1n) is 3.25. The third kappa shape index (κ3) is 1.51. The minimum Gasteiger partial charge on any atom is -0.398 e. The molecule has 0 unspecified atom stereocenters. The summed E-state index contributed by atoms with van der Waals surface area (Å²) in [4.78, 5) is 0. The third-order valence-corrected chi connectivity index (χ3v) is 1.45. The lowest BCUT2D eigenvalue weighted by Gasteiger charge is -2.02. The topological polar surface area (TPSA) is 49.8 Å². The molecule has 0 radical (unpaired) electrons. The highest BCUT2D eigenvalue weighted by Crippen LogP contribution is 2.17. The molecule has 0 saturated carbocycles. The molecule has 1 aromatic carbocycles. The number of nitrogens with zero attached hydrogens (tertiary/aromatic N) is 1. The highest BCUT2D eigenvalue weighted by atomic mass is 19.1. The van der Waals surface area contributed by atoms with E-state index in [1.54, 1.807) is 6.07 Å². The first-order chi connectivity index (χ1) is 5.65. The molecule has 0 aliphatic heterocycles. The number of hydrogen-bond donors (Lipinski definition) is 1. The molecule has 2 nitrogen and oxygen atoms in total. The van der Waals surface area contributed by atoms with E-state index < -0.39 is 11.6 Å². The standard InChI is InChI=1S/C8H6F2N2/c9-5-3-7(10)6(1-2-11)8(12)4-5/h3-4H,1,12H2. The van der Waals surface area contributed by atoms with Crippen LogP contribution in [0.4, 0.5) is 14.5 Å². The fourth-order valence-electron chi connectivity index (χ4n) is 0.889. The van der Waals surface area contributed by atoms with Gasteiger partial charge in [-0.05, 0) is 6.07 Å². The number of hydrogen-bond acceptors (Lipinski definition) is 2. The van der Waals surface area contributed by atoms with Crippen molar-refractivity contribution < 1.29 is 8.78 Å². The molecule has 2 N–H and O–H groups in total. The normalized spacial score (nSPS) is 9.42. The maximum atomic E-state index is 12.8. The van der Waals surface area contributed by atoms with Crippen molar-refractivity contribution in [1.82, 2.24) is 0 Å². The average molecular weight is 168 g/mol. The van der Waals surface area contributed by atoms with Gasteiger partial charge in [0.05, 0.1) is 12.5 Å². The number of rotatable bonds is 1. The predicted molar refractivity (Wildman–Crippen MR) is 40.1 cm³/mol. The van der Waals surface area contributed by atoms with Gasteiger partial charge < -0.3 is 5.73 Å². The largest absolute Gasteiger partial charge is 0.398 e. The van der Waals surface area contributed by atoms with Gasteiger partial charge in [0.1, 0.15) is 11.6 Å². The van der Waals surface area contributed by atoms with Crippen molar-refractivity contribution in [1.29, 1.82) is 5.26 Å². The summed E-state index contributed by atoms with van der Waals surface area (Å²) in [6, 6.07) is 3.45. The highest BCUT2D eigenvalue weighted by Gasteiger charge is 2.07. The minimum absolute atomic E-state index is 0.0194. The van der Waals surface area contributed by atoms with Gasteiger partial charge in [0, 0.05) is 17.3 Å². The number of anilines is 1. The Morgan fingerprint density at radius 2 is 2.08 bits per heavy atom. The van der Waals surface area contributed by atoms with Gasteiger partial charge in [0.15, 0.2) is 0 Å². The van der Waals surface area contributed by atoms with E-state index in [0.717, 1.165) is 6.07 Å². The van der Waals surface area contributed by atoms with E-state index in [2.05, 4.69) is 0 Å². The fraction of sp³-hybridized carbons (Fsp3) is 0.125. The summed E-state index contributed by atoms with van der Waals surface area (Å²) in [6.45, 7) is 0. The molecule has 0 amide bonds. The summed E-state index contributed by atoms with van der Waals surface area (Å²) >= 11 is 0. The van der Waals surface area contributed by atoms with Crippen molar-refractivity contribution in [3.8, 4) is 6.07 Å². The van der Waals surface area contributed by atoms with Crippen LogP contribution in [0.2, 0.25) is 0 Å². The van der Waals surface area contributed by atoms with E-state index in [-0.39, 0.29) is 17.7 Å². The van der Waals surface area contributed by atoms with Crippen molar-refractivity contribution in [2.45, 2.75) is 6.42 Å². The number of nitriles is 1. The number of benzene rings is 1. The first kappa shape index (κ1) is 8.47. The summed E-state index contributed by atoms with van der Waals surface area (Å²) in [5, 5.41) is 8.27. The second-order valence-corrected chi connectivity index (χ2v) is 2.29. The van der Waals surface area contributed by atoms with Crippen molar-refractivity contribution in [2.75, 3.05) is 5.73 Å². The molecule has 1 rings (SSSR count). The predicted octanol–water partition coefficient (Wildman–Crippen LogP) is 1.61. The molecule has 0 aliphatic carbocycles. The molecule has 0 bridgehead atoms. The van der Waals surface area contributed by atoms with Crippen LogP contribution in [0.25, 0.3) is 0 Å². The monoisotopic (exact) mass is 168 g/mol. The molecule has 1 aromatic rings.